The molecule has 0 heterocycles. The summed E-state index contributed by atoms with van der Waals surface area (Å²) in [5, 5.41) is 0. The molecule has 0 radical (unpaired) electrons. The van der Waals surface area contributed by atoms with Crippen molar-refractivity contribution in [2.75, 3.05) is 13.2 Å². The fraction of sp³-hybridized carbons (Fsp3) is 0.550. The molecule has 0 atom stereocenters. The summed E-state index contributed by atoms with van der Waals surface area (Å²) in [6.45, 7) is 10.6. The normalized spacial score (nSPS) is 11.1. The van der Waals surface area contributed by atoms with Gasteiger partial charge in [0.25, 0.3) is 0 Å². The summed E-state index contributed by atoms with van der Waals surface area (Å²) in [5.41, 5.74) is 7.64. The minimum atomic E-state index is 0.810. The van der Waals surface area contributed by atoms with Crippen LogP contribution in [0.3, 0.4) is 0 Å². The van der Waals surface area contributed by atoms with Crippen LogP contribution in [0.2, 0.25) is 0 Å². The highest BCUT2D eigenvalue weighted by Crippen LogP contribution is 2.33. The molecule has 0 fully saturated rings. The maximum Gasteiger partial charge on any atom is 0.119 e. The minimum Gasteiger partial charge on any atom is -0.494 e. The van der Waals surface area contributed by atoms with Crippen LogP contribution in [0.15, 0.2) is 60.7 Å². The third kappa shape index (κ3) is 12.2. The zero-order valence-electron chi connectivity index (χ0n) is 27.3. The Hall–Kier alpha value is -2.74. The van der Waals surface area contributed by atoms with E-state index in [-0.39, 0.29) is 0 Å². The molecule has 0 saturated heterocycles. The Morgan fingerprint density at radius 2 is 0.714 bits per heavy atom. The lowest BCUT2D eigenvalue weighted by molar-refractivity contribution is 0.304. The van der Waals surface area contributed by atoms with Gasteiger partial charge in [-0.25, -0.2) is 0 Å². The average molecular weight is 571 g/mol. The summed E-state index contributed by atoms with van der Waals surface area (Å²) >= 11 is 0. The summed E-state index contributed by atoms with van der Waals surface area (Å²) in [5.74, 6) is 1.94. The third-order valence-corrected chi connectivity index (χ3v) is 8.44. The smallest absolute Gasteiger partial charge is 0.119 e. The molecule has 0 bridgehead atoms. The van der Waals surface area contributed by atoms with E-state index in [0.29, 0.717) is 0 Å². The lowest BCUT2D eigenvalue weighted by atomic mass is 9.92. The van der Waals surface area contributed by atoms with Crippen LogP contribution >= 0.6 is 0 Å². The topological polar surface area (TPSA) is 18.5 Å². The fourth-order valence-electron chi connectivity index (χ4n) is 5.75. The van der Waals surface area contributed by atoms with Gasteiger partial charge < -0.3 is 9.47 Å². The highest BCUT2D eigenvalue weighted by molar-refractivity contribution is 5.76. The lowest BCUT2D eigenvalue weighted by Gasteiger charge is -2.14. The van der Waals surface area contributed by atoms with E-state index >= 15 is 0 Å². The Kier molecular flexibility index (Phi) is 16.2. The fourth-order valence-corrected chi connectivity index (χ4v) is 5.75. The van der Waals surface area contributed by atoms with Gasteiger partial charge in [-0.15, -0.1) is 0 Å². The highest BCUT2D eigenvalue weighted by atomic mass is 16.5. The summed E-state index contributed by atoms with van der Waals surface area (Å²) in [4.78, 5) is 0. The highest BCUT2D eigenvalue weighted by Gasteiger charge is 2.09. The van der Waals surface area contributed by atoms with Gasteiger partial charge in [0.15, 0.2) is 0 Å². The summed E-state index contributed by atoms with van der Waals surface area (Å²) < 4.78 is 12.1. The molecular formula is C40H58O2. The average Bonchev–Trinajstić information content (AvgIpc) is 3.01. The number of benzene rings is 3. The Labute approximate surface area is 258 Å². The Morgan fingerprint density at radius 1 is 0.405 bits per heavy atom. The minimum absolute atomic E-state index is 0.810. The molecule has 0 aromatic heterocycles. The van der Waals surface area contributed by atoms with E-state index in [4.69, 9.17) is 9.47 Å². The number of hydrogen-bond donors (Lipinski definition) is 0. The van der Waals surface area contributed by atoms with E-state index in [2.05, 4.69) is 88.4 Å². The second kappa shape index (κ2) is 20.2. The van der Waals surface area contributed by atoms with Crippen molar-refractivity contribution in [1.82, 2.24) is 0 Å². The summed E-state index contributed by atoms with van der Waals surface area (Å²) in [6, 6.07) is 21.9. The van der Waals surface area contributed by atoms with Crippen LogP contribution in [0.5, 0.6) is 11.5 Å². The first kappa shape index (κ1) is 33.8. The van der Waals surface area contributed by atoms with Crippen molar-refractivity contribution < 1.29 is 9.47 Å². The van der Waals surface area contributed by atoms with Gasteiger partial charge in [-0.3, -0.25) is 0 Å². The maximum atomic E-state index is 6.03. The van der Waals surface area contributed by atoms with E-state index < -0.39 is 0 Å². The van der Waals surface area contributed by atoms with Gasteiger partial charge in [0.2, 0.25) is 0 Å². The molecule has 0 aliphatic carbocycles. The molecule has 3 aromatic carbocycles. The Bertz CT molecular complexity index is 1020. The van der Waals surface area contributed by atoms with Gasteiger partial charge in [-0.05, 0) is 84.3 Å². The second-order valence-electron chi connectivity index (χ2n) is 12.2. The van der Waals surface area contributed by atoms with Crippen LogP contribution < -0.4 is 9.47 Å². The van der Waals surface area contributed by atoms with E-state index in [1.807, 2.05) is 0 Å². The van der Waals surface area contributed by atoms with Gasteiger partial charge in [0.1, 0.15) is 11.5 Å². The molecule has 0 amide bonds. The number of rotatable bonds is 22. The van der Waals surface area contributed by atoms with Crippen LogP contribution in [0.1, 0.15) is 128 Å². The van der Waals surface area contributed by atoms with Crippen LogP contribution in [0, 0.1) is 13.8 Å². The zero-order valence-corrected chi connectivity index (χ0v) is 27.3. The van der Waals surface area contributed by atoms with Gasteiger partial charge in [-0.2, -0.15) is 0 Å². The van der Waals surface area contributed by atoms with Crippen LogP contribution in [0.4, 0.5) is 0 Å². The quantitative estimate of drug-likeness (QED) is 0.112. The van der Waals surface area contributed by atoms with Crippen molar-refractivity contribution in [3.8, 4) is 33.8 Å². The molecular weight excluding hydrogens is 512 g/mol. The van der Waals surface area contributed by atoms with Crippen LogP contribution in [-0.2, 0) is 0 Å². The van der Waals surface area contributed by atoms with E-state index in [1.54, 1.807) is 0 Å². The molecule has 2 nitrogen and oxygen atoms in total. The molecule has 0 aliphatic heterocycles. The molecule has 0 spiro atoms. The third-order valence-electron chi connectivity index (χ3n) is 8.44. The number of aryl methyl sites for hydroxylation is 2. The molecule has 0 aliphatic rings. The molecule has 3 rings (SSSR count). The van der Waals surface area contributed by atoms with Crippen molar-refractivity contribution in [3.63, 3.8) is 0 Å². The molecule has 230 valence electrons. The molecule has 2 heteroatoms. The number of ether oxygens (including phenoxy) is 2. The molecule has 0 unspecified atom stereocenters. The van der Waals surface area contributed by atoms with E-state index in [1.165, 1.54) is 123 Å². The van der Waals surface area contributed by atoms with Gasteiger partial charge in [0, 0.05) is 0 Å². The molecule has 3 aromatic rings. The Balaban J connectivity index is 1.43. The summed E-state index contributed by atoms with van der Waals surface area (Å²) in [7, 11) is 0. The first-order chi connectivity index (χ1) is 20.6. The maximum absolute atomic E-state index is 6.03. The van der Waals surface area contributed by atoms with Crippen molar-refractivity contribution in [2.45, 2.75) is 130 Å². The van der Waals surface area contributed by atoms with E-state index in [0.717, 1.165) is 37.6 Å². The zero-order chi connectivity index (χ0) is 29.8. The van der Waals surface area contributed by atoms with Crippen molar-refractivity contribution in [1.29, 1.82) is 0 Å². The molecule has 0 saturated carbocycles. The van der Waals surface area contributed by atoms with Gasteiger partial charge in [-0.1, -0.05) is 140 Å². The molecule has 0 N–H and O–H groups in total. The molecule has 42 heavy (non-hydrogen) atoms. The SMILES string of the molecule is CCCCCCCCCCOc1ccc(-c2cc(C)c(-c3ccc(OCCCCCCCCCC)cc3)cc2C)cc1. The van der Waals surface area contributed by atoms with Crippen molar-refractivity contribution in [2.24, 2.45) is 0 Å². The lowest BCUT2D eigenvalue weighted by Crippen LogP contribution is -1.97. The predicted octanol–water partition coefficient (Wildman–Crippen LogP) is 12.7. The van der Waals surface area contributed by atoms with Crippen molar-refractivity contribution in [3.05, 3.63) is 71.8 Å². The van der Waals surface area contributed by atoms with Crippen LogP contribution in [0.25, 0.3) is 22.3 Å². The van der Waals surface area contributed by atoms with E-state index in [9.17, 15) is 0 Å². The standard InChI is InChI=1S/C40H58O2/c1-5-7-9-11-13-15-17-19-29-41-37-25-21-35(22-26-37)39-31-34(4)40(32-33(39)3)36-23-27-38(28-24-36)42-30-20-18-16-14-12-10-8-6-2/h21-28,31-32H,5-20,29-30H2,1-4H3. The largest absolute Gasteiger partial charge is 0.494 e. The first-order valence-electron chi connectivity index (χ1n) is 17.2. The Morgan fingerprint density at radius 3 is 1.05 bits per heavy atom. The second-order valence-corrected chi connectivity index (χ2v) is 12.2. The summed E-state index contributed by atoms with van der Waals surface area (Å²) in [6.07, 6.45) is 21.2. The first-order valence-corrected chi connectivity index (χ1v) is 17.2. The predicted molar refractivity (Wildman–Crippen MR) is 183 cm³/mol. The van der Waals surface area contributed by atoms with Crippen molar-refractivity contribution >= 4 is 0 Å². The van der Waals surface area contributed by atoms with Gasteiger partial charge in [0.05, 0.1) is 13.2 Å². The number of hydrogen-bond acceptors (Lipinski definition) is 2. The van der Waals surface area contributed by atoms with Crippen LogP contribution in [-0.4, -0.2) is 13.2 Å². The monoisotopic (exact) mass is 570 g/mol. The number of unbranched alkanes of at least 4 members (excludes halogenated alkanes) is 14. The van der Waals surface area contributed by atoms with Gasteiger partial charge >= 0.3 is 0 Å².